The molecule has 0 saturated heterocycles. The number of hydrogen-bond acceptors (Lipinski definition) is 7. The van der Waals surface area contributed by atoms with Gasteiger partial charge in [-0.3, -0.25) is 4.79 Å². The van der Waals surface area contributed by atoms with E-state index in [0.29, 0.717) is 11.5 Å². The van der Waals surface area contributed by atoms with E-state index in [1.54, 1.807) is 30.3 Å². The predicted octanol–water partition coefficient (Wildman–Crippen LogP) is 2.85. The number of nitrogens with zero attached hydrogens (tertiary/aromatic N) is 2. The molecule has 1 aromatic heterocycles. The van der Waals surface area contributed by atoms with Crippen molar-refractivity contribution < 1.29 is 19.4 Å². The van der Waals surface area contributed by atoms with Crippen LogP contribution >= 0.6 is 11.7 Å². The minimum absolute atomic E-state index is 0.0587. The third-order valence-electron chi connectivity index (χ3n) is 3.98. The first-order valence-corrected chi connectivity index (χ1v) is 7.73. The summed E-state index contributed by atoms with van der Waals surface area (Å²) in [5.41, 5.74) is 3.24. The minimum Gasteiger partial charge on any atom is -0.504 e. The van der Waals surface area contributed by atoms with Gasteiger partial charge in [0, 0.05) is 11.5 Å². The third kappa shape index (κ3) is 2.20. The second-order valence-electron chi connectivity index (χ2n) is 5.27. The number of fused-ring (bicyclic) bond motifs is 3. The monoisotopic (exact) mass is 328 g/mol. The van der Waals surface area contributed by atoms with Crippen LogP contribution in [-0.4, -0.2) is 26.9 Å². The summed E-state index contributed by atoms with van der Waals surface area (Å²) >= 11 is 1.13. The number of hydrogen-bond donors (Lipinski definition) is 1. The standard InChI is InChI=1S/C16H12N2O4S/c1-21-13-6-8(2-4-11(13)19)9-7-14(20)22-12-5-3-10-16(15(9)12)18-23-17-10/h2-6,9,19H,7H2,1H3/t9-/m0/s1. The molecule has 0 spiro atoms. The van der Waals surface area contributed by atoms with Crippen molar-refractivity contribution in [1.29, 1.82) is 0 Å². The van der Waals surface area contributed by atoms with Crippen LogP contribution in [0.5, 0.6) is 17.2 Å². The number of phenols is 1. The van der Waals surface area contributed by atoms with Crippen LogP contribution in [0, 0.1) is 0 Å². The van der Waals surface area contributed by atoms with Gasteiger partial charge in [-0.2, -0.15) is 8.75 Å². The molecule has 0 aliphatic carbocycles. The fraction of sp³-hybridized carbons (Fsp3) is 0.188. The first-order chi connectivity index (χ1) is 11.2. The number of carbonyl (C=O) groups is 1. The Hall–Kier alpha value is -2.67. The Morgan fingerprint density at radius 2 is 2.17 bits per heavy atom. The highest BCUT2D eigenvalue weighted by Crippen LogP contribution is 2.43. The van der Waals surface area contributed by atoms with Gasteiger partial charge in [0.2, 0.25) is 0 Å². The molecule has 0 saturated carbocycles. The second-order valence-corrected chi connectivity index (χ2v) is 5.80. The number of phenolic OH excluding ortho intramolecular Hbond substituents is 1. The summed E-state index contributed by atoms with van der Waals surface area (Å²) in [7, 11) is 1.49. The molecule has 1 aliphatic heterocycles. The van der Waals surface area contributed by atoms with Gasteiger partial charge in [-0.1, -0.05) is 6.07 Å². The minimum atomic E-state index is -0.294. The number of aromatic hydroxyl groups is 1. The van der Waals surface area contributed by atoms with E-state index >= 15 is 0 Å². The number of rotatable bonds is 2. The summed E-state index contributed by atoms with van der Waals surface area (Å²) in [6.07, 6.45) is 0.206. The van der Waals surface area contributed by atoms with Crippen molar-refractivity contribution in [2.45, 2.75) is 12.3 Å². The molecule has 0 radical (unpaired) electrons. The van der Waals surface area contributed by atoms with Crippen molar-refractivity contribution >= 4 is 28.7 Å². The van der Waals surface area contributed by atoms with E-state index in [9.17, 15) is 9.90 Å². The molecule has 7 heteroatoms. The van der Waals surface area contributed by atoms with Crippen LogP contribution in [-0.2, 0) is 4.79 Å². The number of methoxy groups -OCH3 is 1. The number of aromatic nitrogens is 2. The molecule has 0 bridgehead atoms. The number of carbonyl (C=O) groups excluding carboxylic acids is 1. The van der Waals surface area contributed by atoms with Crippen LogP contribution in [0.2, 0.25) is 0 Å². The number of ether oxygens (including phenoxy) is 2. The van der Waals surface area contributed by atoms with E-state index < -0.39 is 0 Å². The molecular weight excluding hydrogens is 316 g/mol. The lowest BCUT2D eigenvalue weighted by Gasteiger charge is -2.25. The first kappa shape index (κ1) is 14.0. The van der Waals surface area contributed by atoms with E-state index in [2.05, 4.69) is 8.75 Å². The van der Waals surface area contributed by atoms with Crippen LogP contribution in [0.15, 0.2) is 30.3 Å². The maximum atomic E-state index is 12.0. The molecule has 0 unspecified atom stereocenters. The Morgan fingerprint density at radius 3 is 3.00 bits per heavy atom. The van der Waals surface area contributed by atoms with E-state index in [-0.39, 0.29) is 24.1 Å². The van der Waals surface area contributed by atoms with E-state index in [1.807, 2.05) is 0 Å². The Bertz CT molecular complexity index is 922. The molecule has 2 aromatic carbocycles. The largest absolute Gasteiger partial charge is 0.504 e. The van der Waals surface area contributed by atoms with Crippen LogP contribution in [0.25, 0.3) is 11.0 Å². The van der Waals surface area contributed by atoms with Gasteiger partial charge in [-0.15, -0.1) is 0 Å². The van der Waals surface area contributed by atoms with Gasteiger partial charge in [0.25, 0.3) is 0 Å². The van der Waals surface area contributed by atoms with Gasteiger partial charge in [-0.25, -0.2) is 0 Å². The number of esters is 1. The molecule has 23 heavy (non-hydrogen) atoms. The molecule has 3 aromatic rings. The number of benzene rings is 2. The van der Waals surface area contributed by atoms with Gasteiger partial charge >= 0.3 is 5.97 Å². The zero-order valence-electron chi connectivity index (χ0n) is 12.1. The average Bonchev–Trinajstić information content (AvgIpc) is 3.03. The lowest BCUT2D eigenvalue weighted by atomic mass is 9.85. The van der Waals surface area contributed by atoms with Gasteiger partial charge in [0.1, 0.15) is 16.8 Å². The lowest BCUT2D eigenvalue weighted by molar-refractivity contribution is -0.135. The fourth-order valence-corrected chi connectivity index (χ4v) is 3.46. The van der Waals surface area contributed by atoms with Crippen molar-refractivity contribution in [3.8, 4) is 17.2 Å². The molecule has 1 atom stereocenters. The third-order valence-corrected chi connectivity index (χ3v) is 4.52. The topological polar surface area (TPSA) is 81.5 Å². The zero-order chi connectivity index (χ0) is 16.0. The Labute approximate surface area is 135 Å². The van der Waals surface area contributed by atoms with Crippen LogP contribution in [0.3, 0.4) is 0 Å². The van der Waals surface area contributed by atoms with Gasteiger partial charge in [0.15, 0.2) is 11.5 Å². The Morgan fingerprint density at radius 1 is 1.30 bits per heavy atom. The molecule has 0 amide bonds. The highest BCUT2D eigenvalue weighted by Gasteiger charge is 2.31. The first-order valence-electron chi connectivity index (χ1n) is 7.00. The van der Waals surface area contributed by atoms with Crippen LogP contribution < -0.4 is 9.47 Å². The lowest BCUT2D eigenvalue weighted by Crippen LogP contribution is -2.21. The SMILES string of the molecule is COc1cc([C@@H]2CC(=O)Oc3ccc4nsnc4c32)ccc1O. The van der Waals surface area contributed by atoms with E-state index in [1.165, 1.54) is 7.11 Å². The second kappa shape index (κ2) is 5.20. The summed E-state index contributed by atoms with van der Waals surface area (Å²) < 4.78 is 19.1. The Kier molecular flexibility index (Phi) is 3.16. The summed E-state index contributed by atoms with van der Waals surface area (Å²) in [6.45, 7) is 0. The maximum absolute atomic E-state index is 12.0. The summed E-state index contributed by atoms with van der Waals surface area (Å²) in [5, 5.41) is 9.78. The smallest absolute Gasteiger partial charge is 0.312 e. The normalized spacial score (nSPS) is 16.9. The van der Waals surface area contributed by atoms with Crippen molar-refractivity contribution in [3.63, 3.8) is 0 Å². The Balaban J connectivity index is 1.93. The molecule has 1 N–H and O–H groups in total. The van der Waals surface area contributed by atoms with Crippen molar-refractivity contribution in [1.82, 2.24) is 8.75 Å². The predicted molar refractivity (Wildman–Crippen MR) is 84.2 cm³/mol. The van der Waals surface area contributed by atoms with Gasteiger partial charge in [-0.05, 0) is 29.8 Å². The van der Waals surface area contributed by atoms with Crippen LogP contribution in [0.1, 0.15) is 23.5 Å². The molecule has 116 valence electrons. The van der Waals surface area contributed by atoms with E-state index in [0.717, 1.165) is 33.9 Å². The summed E-state index contributed by atoms with van der Waals surface area (Å²) in [5.74, 6) is 0.430. The molecule has 4 rings (SSSR count). The molecule has 0 fully saturated rings. The molecule has 1 aliphatic rings. The van der Waals surface area contributed by atoms with E-state index in [4.69, 9.17) is 9.47 Å². The molecule has 6 nitrogen and oxygen atoms in total. The summed E-state index contributed by atoms with van der Waals surface area (Å²) in [6, 6.07) is 8.63. The highest BCUT2D eigenvalue weighted by atomic mass is 32.1. The van der Waals surface area contributed by atoms with Crippen molar-refractivity contribution in [3.05, 3.63) is 41.5 Å². The zero-order valence-corrected chi connectivity index (χ0v) is 13.0. The maximum Gasteiger partial charge on any atom is 0.312 e. The van der Waals surface area contributed by atoms with Gasteiger partial charge in [0.05, 0.1) is 25.3 Å². The highest BCUT2D eigenvalue weighted by molar-refractivity contribution is 7.00. The van der Waals surface area contributed by atoms with Gasteiger partial charge < -0.3 is 14.6 Å². The fourth-order valence-electron chi connectivity index (χ4n) is 2.91. The summed E-state index contributed by atoms with van der Waals surface area (Å²) in [4.78, 5) is 12.0. The average molecular weight is 328 g/mol. The molecular formula is C16H12N2O4S. The van der Waals surface area contributed by atoms with Crippen LogP contribution in [0.4, 0.5) is 0 Å². The van der Waals surface area contributed by atoms with Crippen molar-refractivity contribution in [2.75, 3.05) is 7.11 Å². The quantitative estimate of drug-likeness (QED) is 0.575. The van der Waals surface area contributed by atoms with Crippen molar-refractivity contribution in [2.24, 2.45) is 0 Å². The molecule has 2 heterocycles.